The van der Waals surface area contributed by atoms with E-state index in [0.717, 1.165) is 18.4 Å². The predicted octanol–water partition coefficient (Wildman–Crippen LogP) is 1.50. The SMILES string of the molecule is CC(Cn1cncn1)C(=O)N(Cc1cccnc1)C1CC1. The summed E-state index contributed by atoms with van der Waals surface area (Å²) >= 11 is 0. The topological polar surface area (TPSA) is 63.9 Å². The fourth-order valence-corrected chi connectivity index (χ4v) is 2.43. The summed E-state index contributed by atoms with van der Waals surface area (Å²) in [6.07, 6.45) is 8.91. The minimum atomic E-state index is -0.107. The smallest absolute Gasteiger partial charge is 0.227 e. The molecule has 1 amide bonds. The Labute approximate surface area is 123 Å². The third-order valence-corrected chi connectivity index (χ3v) is 3.70. The molecule has 1 fully saturated rings. The molecule has 1 unspecified atom stereocenters. The van der Waals surface area contributed by atoms with Gasteiger partial charge in [-0.15, -0.1) is 0 Å². The van der Waals surface area contributed by atoms with Gasteiger partial charge in [-0.05, 0) is 24.5 Å². The van der Waals surface area contributed by atoms with Gasteiger partial charge in [0.15, 0.2) is 0 Å². The third kappa shape index (κ3) is 3.45. The van der Waals surface area contributed by atoms with Crippen LogP contribution in [0.2, 0.25) is 0 Å². The molecule has 21 heavy (non-hydrogen) atoms. The lowest BCUT2D eigenvalue weighted by Gasteiger charge is -2.25. The average Bonchev–Trinajstić information content (AvgIpc) is 3.22. The minimum Gasteiger partial charge on any atom is -0.335 e. The highest BCUT2D eigenvalue weighted by Crippen LogP contribution is 2.29. The second-order valence-corrected chi connectivity index (χ2v) is 5.58. The van der Waals surface area contributed by atoms with E-state index in [4.69, 9.17) is 0 Å². The van der Waals surface area contributed by atoms with Gasteiger partial charge in [-0.25, -0.2) is 4.98 Å². The summed E-state index contributed by atoms with van der Waals surface area (Å²) in [6, 6.07) is 4.30. The lowest BCUT2D eigenvalue weighted by atomic mass is 10.1. The average molecular weight is 285 g/mol. The molecule has 0 radical (unpaired) electrons. The van der Waals surface area contributed by atoms with E-state index in [2.05, 4.69) is 15.1 Å². The maximum atomic E-state index is 12.7. The van der Waals surface area contributed by atoms with Crippen LogP contribution in [0.25, 0.3) is 0 Å². The largest absolute Gasteiger partial charge is 0.335 e. The van der Waals surface area contributed by atoms with Gasteiger partial charge in [0, 0.05) is 25.0 Å². The maximum absolute atomic E-state index is 12.7. The summed E-state index contributed by atoms with van der Waals surface area (Å²) in [5.41, 5.74) is 1.07. The van der Waals surface area contributed by atoms with Crippen LogP contribution in [0.15, 0.2) is 37.2 Å². The first-order chi connectivity index (χ1) is 10.2. The zero-order chi connectivity index (χ0) is 14.7. The number of pyridine rings is 1. The molecule has 2 heterocycles. The van der Waals surface area contributed by atoms with Crippen molar-refractivity contribution in [3.05, 3.63) is 42.7 Å². The van der Waals surface area contributed by atoms with Gasteiger partial charge in [0.2, 0.25) is 5.91 Å². The Morgan fingerprint density at radius 3 is 2.95 bits per heavy atom. The molecule has 1 aliphatic rings. The van der Waals surface area contributed by atoms with Crippen molar-refractivity contribution >= 4 is 5.91 Å². The first-order valence-electron chi connectivity index (χ1n) is 7.26. The Bertz CT molecular complexity index is 579. The van der Waals surface area contributed by atoms with Crippen LogP contribution < -0.4 is 0 Å². The van der Waals surface area contributed by atoms with Gasteiger partial charge in [0.1, 0.15) is 12.7 Å². The number of hydrogen-bond donors (Lipinski definition) is 0. The van der Waals surface area contributed by atoms with Crippen LogP contribution >= 0.6 is 0 Å². The molecular formula is C15H19N5O. The summed E-state index contributed by atoms with van der Waals surface area (Å²) in [5, 5.41) is 4.07. The minimum absolute atomic E-state index is 0.107. The predicted molar refractivity (Wildman–Crippen MR) is 77.0 cm³/mol. The van der Waals surface area contributed by atoms with E-state index in [1.807, 2.05) is 30.2 Å². The zero-order valence-corrected chi connectivity index (χ0v) is 12.1. The Kier molecular flexibility index (Phi) is 3.94. The molecule has 0 N–H and O–H groups in total. The van der Waals surface area contributed by atoms with Crippen molar-refractivity contribution in [3.63, 3.8) is 0 Å². The fourth-order valence-electron chi connectivity index (χ4n) is 2.43. The highest BCUT2D eigenvalue weighted by atomic mass is 16.2. The standard InChI is InChI=1S/C15H19N5O/c1-12(8-19-11-17-10-18-19)15(21)20(14-4-5-14)9-13-3-2-6-16-7-13/h2-3,6-7,10-12,14H,4-5,8-9H2,1H3. The van der Waals surface area contributed by atoms with Crippen molar-refractivity contribution in [2.75, 3.05) is 0 Å². The number of carbonyl (C=O) groups is 1. The van der Waals surface area contributed by atoms with Gasteiger partial charge in [-0.2, -0.15) is 5.10 Å². The van der Waals surface area contributed by atoms with Gasteiger partial charge in [-0.3, -0.25) is 14.5 Å². The number of hydrogen-bond acceptors (Lipinski definition) is 4. The Morgan fingerprint density at radius 1 is 1.48 bits per heavy atom. The molecule has 6 nitrogen and oxygen atoms in total. The zero-order valence-electron chi connectivity index (χ0n) is 12.1. The molecule has 0 aromatic carbocycles. The van der Waals surface area contributed by atoms with Gasteiger partial charge in [-0.1, -0.05) is 13.0 Å². The second kappa shape index (κ2) is 6.03. The Balaban J connectivity index is 1.67. The van der Waals surface area contributed by atoms with E-state index in [1.165, 1.54) is 6.33 Å². The van der Waals surface area contributed by atoms with Gasteiger partial charge in [0.25, 0.3) is 0 Å². The van der Waals surface area contributed by atoms with Crippen molar-refractivity contribution in [1.29, 1.82) is 0 Å². The number of nitrogens with zero attached hydrogens (tertiary/aromatic N) is 5. The molecule has 3 rings (SSSR count). The molecule has 110 valence electrons. The maximum Gasteiger partial charge on any atom is 0.227 e. The molecule has 0 saturated heterocycles. The molecule has 2 aromatic heterocycles. The fraction of sp³-hybridized carbons (Fsp3) is 0.467. The van der Waals surface area contributed by atoms with Crippen LogP contribution in [0.5, 0.6) is 0 Å². The number of amides is 1. The van der Waals surface area contributed by atoms with E-state index in [0.29, 0.717) is 19.1 Å². The summed E-state index contributed by atoms with van der Waals surface area (Å²) in [5.74, 6) is 0.0702. The van der Waals surface area contributed by atoms with Crippen molar-refractivity contribution < 1.29 is 4.79 Å². The van der Waals surface area contributed by atoms with Gasteiger partial charge >= 0.3 is 0 Å². The van der Waals surface area contributed by atoms with Crippen LogP contribution in [0, 0.1) is 5.92 Å². The molecule has 0 spiro atoms. The number of carbonyl (C=O) groups excluding carboxylic acids is 1. The monoisotopic (exact) mass is 285 g/mol. The summed E-state index contributed by atoms with van der Waals surface area (Å²) < 4.78 is 1.71. The van der Waals surface area contributed by atoms with Crippen molar-refractivity contribution in [1.82, 2.24) is 24.6 Å². The van der Waals surface area contributed by atoms with E-state index in [1.54, 1.807) is 17.2 Å². The Hall–Kier alpha value is -2.24. The molecule has 0 aliphatic heterocycles. The first kappa shape index (κ1) is 13.7. The normalized spacial score (nSPS) is 15.7. The van der Waals surface area contributed by atoms with E-state index < -0.39 is 0 Å². The lowest BCUT2D eigenvalue weighted by molar-refractivity contribution is -0.136. The number of aromatic nitrogens is 4. The molecule has 2 aromatic rings. The van der Waals surface area contributed by atoms with Crippen molar-refractivity contribution in [3.8, 4) is 0 Å². The molecule has 6 heteroatoms. The van der Waals surface area contributed by atoms with E-state index in [9.17, 15) is 4.79 Å². The van der Waals surface area contributed by atoms with Crippen molar-refractivity contribution in [2.24, 2.45) is 5.92 Å². The highest BCUT2D eigenvalue weighted by Gasteiger charge is 2.34. The molecule has 1 atom stereocenters. The van der Waals surface area contributed by atoms with Crippen LogP contribution in [0.4, 0.5) is 0 Å². The Morgan fingerprint density at radius 2 is 2.33 bits per heavy atom. The summed E-state index contributed by atoms with van der Waals surface area (Å²) in [4.78, 5) is 22.7. The molecule has 1 aliphatic carbocycles. The molecule has 0 bridgehead atoms. The highest BCUT2D eigenvalue weighted by molar-refractivity contribution is 5.79. The van der Waals surface area contributed by atoms with Crippen molar-refractivity contribution in [2.45, 2.75) is 38.9 Å². The summed E-state index contributed by atoms with van der Waals surface area (Å²) in [6.45, 7) is 3.15. The number of rotatable bonds is 6. The molecular weight excluding hydrogens is 266 g/mol. The van der Waals surface area contributed by atoms with E-state index >= 15 is 0 Å². The second-order valence-electron chi connectivity index (χ2n) is 5.58. The quantitative estimate of drug-likeness (QED) is 0.807. The molecule has 1 saturated carbocycles. The summed E-state index contributed by atoms with van der Waals surface area (Å²) in [7, 11) is 0. The van der Waals surface area contributed by atoms with Gasteiger partial charge < -0.3 is 4.90 Å². The third-order valence-electron chi connectivity index (χ3n) is 3.70. The first-order valence-corrected chi connectivity index (χ1v) is 7.26. The lowest BCUT2D eigenvalue weighted by Crippen LogP contribution is -2.38. The van der Waals surface area contributed by atoms with E-state index in [-0.39, 0.29) is 11.8 Å². The van der Waals surface area contributed by atoms with Crippen LogP contribution in [-0.2, 0) is 17.9 Å². The van der Waals surface area contributed by atoms with Crippen LogP contribution in [-0.4, -0.2) is 36.6 Å². The van der Waals surface area contributed by atoms with Crippen LogP contribution in [0.3, 0.4) is 0 Å². The van der Waals surface area contributed by atoms with Gasteiger partial charge in [0.05, 0.1) is 12.5 Å². The van der Waals surface area contributed by atoms with Crippen LogP contribution in [0.1, 0.15) is 25.3 Å².